The van der Waals surface area contributed by atoms with Gasteiger partial charge in [0.05, 0.1) is 23.9 Å². The van der Waals surface area contributed by atoms with Gasteiger partial charge in [0.25, 0.3) is 0 Å². The number of aromatic amines is 1. The van der Waals surface area contributed by atoms with Crippen molar-refractivity contribution in [1.82, 2.24) is 30.7 Å². The summed E-state index contributed by atoms with van der Waals surface area (Å²) in [7, 11) is 0. The van der Waals surface area contributed by atoms with Crippen molar-refractivity contribution < 1.29 is 19.2 Å². The molecule has 276 valence electrons. The number of hydrogen-bond donors (Lipinski definition) is 7. The molecule has 13 nitrogen and oxygen atoms in total. The Hall–Kier alpha value is -5.82. The number of amidine groups is 1. The zero-order valence-corrected chi connectivity index (χ0v) is 30.0. The quantitative estimate of drug-likeness (QED) is 0.0631. The van der Waals surface area contributed by atoms with Crippen LogP contribution in [0.2, 0.25) is 0 Å². The Morgan fingerprint density at radius 3 is 2.28 bits per heavy atom. The molecule has 1 fully saturated rings. The van der Waals surface area contributed by atoms with E-state index in [1.807, 2.05) is 44.2 Å². The van der Waals surface area contributed by atoms with E-state index in [9.17, 15) is 14.7 Å². The first-order valence-corrected chi connectivity index (χ1v) is 18.0. The van der Waals surface area contributed by atoms with Crippen LogP contribution in [0.1, 0.15) is 71.4 Å². The van der Waals surface area contributed by atoms with Crippen molar-refractivity contribution in [2.45, 2.75) is 76.9 Å². The van der Waals surface area contributed by atoms with E-state index in [2.05, 4.69) is 55.0 Å². The van der Waals surface area contributed by atoms with Gasteiger partial charge < -0.3 is 36.7 Å². The van der Waals surface area contributed by atoms with Crippen LogP contribution in [0, 0.1) is 31.1 Å². The topological polar surface area (TPSA) is 222 Å². The molecule has 1 aliphatic carbocycles. The van der Waals surface area contributed by atoms with Crippen molar-refractivity contribution in [3.8, 4) is 16.9 Å². The van der Waals surface area contributed by atoms with Crippen molar-refractivity contribution in [1.29, 1.82) is 5.41 Å². The molecule has 3 atom stereocenters. The zero-order chi connectivity index (χ0) is 37.5. The molecular formula is C40H47N9O4. The van der Waals surface area contributed by atoms with Gasteiger partial charge in [-0.25, -0.2) is 4.98 Å². The number of imidazole rings is 1. The highest BCUT2D eigenvalue weighted by Crippen LogP contribution is 2.31. The molecule has 5 aromatic rings. The monoisotopic (exact) mass is 717 g/mol. The highest BCUT2D eigenvalue weighted by molar-refractivity contribution is 5.90. The summed E-state index contributed by atoms with van der Waals surface area (Å²) in [4.78, 5) is 40.0. The van der Waals surface area contributed by atoms with Gasteiger partial charge in [-0.1, -0.05) is 59.8 Å². The average molecular weight is 718 g/mol. The molecule has 53 heavy (non-hydrogen) atoms. The number of rotatable bonds is 14. The van der Waals surface area contributed by atoms with Crippen LogP contribution < -0.4 is 22.1 Å². The second-order valence-electron chi connectivity index (χ2n) is 14.0. The number of amides is 2. The van der Waals surface area contributed by atoms with E-state index in [0.717, 1.165) is 33.4 Å². The lowest BCUT2D eigenvalue weighted by atomic mass is 9.78. The van der Waals surface area contributed by atoms with E-state index < -0.39 is 29.9 Å². The van der Waals surface area contributed by atoms with Crippen molar-refractivity contribution >= 4 is 17.6 Å². The summed E-state index contributed by atoms with van der Waals surface area (Å²) in [5.74, 6) is -0.0640. The maximum atomic E-state index is 14.3. The third-order valence-corrected chi connectivity index (χ3v) is 10.2. The lowest BCUT2D eigenvalue weighted by Gasteiger charge is -2.32. The van der Waals surface area contributed by atoms with Gasteiger partial charge in [-0.15, -0.1) is 0 Å². The average Bonchev–Trinajstić information content (AvgIpc) is 3.85. The fourth-order valence-electron chi connectivity index (χ4n) is 7.17. The Morgan fingerprint density at radius 1 is 0.962 bits per heavy atom. The molecule has 1 saturated carbocycles. The molecule has 6 rings (SSSR count). The third-order valence-electron chi connectivity index (χ3n) is 10.2. The van der Waals surface area contributed by atoms with E-state index in [0.29, 0.717) is 43.6 Å². The summed E-state index contributed by atoms with van der Waals surface area (Å²) in [5.41, 5.74) is 18.5. The van der Waals surface area contributed by atoms with Crippen LogP contribution in [0.3, 0.4) is 0 Å². The fraction of sp³-hybridized carbons (Fsp3) is 0.350. The molecule has 9 N–H and O–H groups in total. The number of hydrogen-bond acceptors (Lipinski definition) is 9. The van der Waals surface area contributed by atoms with E-state index >= 15 is 0 Å². The number of aryl methyl sites for hydroxylation is 2. The number of nitrogens with zero attached hydrogens (tertiary/aromatic N) is 3. The Balaban J connectivity index is 1.21. The summed E-state index contributed by atoms with van der Waals surface area (Å²) in [6.07, 6.45) is 6.81. The lowest BCUT2D eigenvalue weighted by Crippen LogP contribution is -2.55. The number of nitrogens with two attached hydrogens (primary N) is 2. The minimum Gasteiger partial charge on any atom is -0.508 e. The number of benzene rings is 3. The molecular weight excluding hydrogens is 670 g/mol. The molecule has 0 bridgehead atoms. The van der Waals surface area contributed by atoms with Crippen LogP contribution in [0.25, 0.3) is 11.1 Å². The number of phenolic OH excluding ortho intramolecular Hbond substituents is 1. The molecule has 0 radical (unpaired) electrons. The SMILES string of the molecule is Cc1cc(O)cc(C)c1C[C@H](NC(=O)[C@H](N)C1CCC(C(=N)N)CC1)C(=O)N[C@@H](Cc1c[nH]cn1)c1nc(Cc2ccc(-c3ccccc3)cc2)no1. The van der Waals surface area contributed by atoms with Crippen molar-refractivity contribution in [2.75, 3.05) is 0 Å². The molecule has 2 heterocycles. The predicted octanol–water partition coefficient (Wildman–Crippen LogP) is 4.57. The van der Waals surface area contributed by atoms with E-state index in [4.69, 9.17) is 21.4 Å². The van der Waals surface area contributed by atoms with Gasteiger partial charge in [-0.3, -0.25) is 15.0 Å². The Kier molecular flexibility index (Phi) is 11.6. The van der Waals surface area contributed by atoms with E-state index in [-0.39, 0.29) is 42.2 Å². The number of aromatic nitrogens is 4. The van der Waals surface area contributed by atoms with Gasteiger partial charge in [-0.05, 0) is 91.0 Å². The first-order valence-electron chi connectivity index (χ1n) is 18.0. The fourth-order valence-corrected chi connectivity index (χ4v) is 7.17. The standard InChI is InChI=1S/C40H47N9O4/c1-23-16-31(50)17-24(2)32(23)20-33(46-39(52)36(41)28-12-14-29(15-13-28)37(42)43)38(51)47-34(19-30-21-44-22-45-30)40-48-35(49-53-40)18-25-8-10-27(11-9-25)26-6-4-3-5-7-26/h3-11,16-17,21-22,28-29,33-34,36,50H,12-15,18-20,41H2,1-2H3,(H3,42,43)(H,44,45)(H,46,52)(H,47,51)/t28?,29?,33-,34-,36+/m0/s1. The van der Waals surface area contributed by atoms with Gasteiger partial charge in [0.1, 0.15) is 17.8 Å². The van der Waals surface area contributed by atoms with Gasteiger partial charge in [0.15, 0.2) is 5.82 Å². The van der Waals surface area contributed by atoms with E-state index in [1.54, 1.807) is 24.7 Å². The smallest absolute Gasteiger partial charge is 0.249 e. The maximum absolute atomic E-state index is 14.3. The molecule has 0 aliphatic heterocycles. The molecule has 0 saturated heterocycles. The Bertz CT molecular complexity index is 1980. The molecule has 3 aromatic carbocycles. The van der Waals surface area contributed by atoms with Crippen LogP contribution in [0.5, 0.6) is 5.75 Å². The maximum Gasteiger partial charge on any atom is 0.249 e. The van der Waals surface area contributed by atoms with Crippen molar-refractivity contribution in [3.63, 3.8) is 0 Å². The number of carbonyl (C=O) groups is 2. The second kappa shape index (κ2) is 16.7. The predicted molar refractivity (Wildman–Crippen MR) is 201 cm³/mol. The summed E-state index contributed by atoms with van der Waals surface area (Å²) < 4.78 is 5.74. The minimum absolute atomic E-state index is 0.00246. The summed E-state index contributed by atoms with van der Waals surface area (Å²) >= 11 is 0. The number of phenols is 1. The highest BCUT2D eigenvalue weighted by Gasteiger charge is 2.34. The molecule has 2 amide bonds. The van der Waals surface area contributed by atoms with Gasteiger partial charge in [0.2, 0.25) is 17.7 Å². The summed E-state index contributed by atoms with van der Waals surface area (Å²) in [6, 6.07) is 18.9. The Labute approximate surface area is 308 Å². The first-order chi connectivity index (χ1) is 25.5. The highest BCUT2D eigenvalue weighted by atomic mass is 16.5. The van der Waals surface area contributed by atoms with E-state index in [1.165, 1.54) is 0 Å². The van der Waals surface area contributed by atoms with Gasteiger partial charge in [0, 0.05) is 31.4 Å². The second-order valence-corrected chi connectivity index (χ2v) is 14.0. The number of aromatic hydroxyl groups is 1. The Morgan fingerprint density at radius 2 is 1.64 bits per heavy atom. The van der Waals surface area contributed by atoms with Crippen molar-refractivity contribution in [3.05, 3.63) is 119 Å². The first kappa shape index (κ1) is 37.0. The molecule has 1 aliphatic rings. The molecule has 13 heteroatoms. The minimum atomic E-state index is -1.02. The summed E-state index contributed by atoms with van der Waals surface area (Å²) in [5, 5.41) is 28.2. The number of carbonyl (C=O) groups excluding carboxylic acids is 2. The largest absolute Gasteiger partial charge is 0.508 e. The molecule has 2 aromatic heterocycles. The van der Waals surface area contributed by atoms with Gasteiger partial charge in [-0.2, -0.15) is 4.98 Å². The molecule has 0 unspecified atom stereocenters. The lowest BCUT2D eigenvalue weighted by molar-refractivity contribution is -0.131. The zero-order valence-electron chi connectivity index (χ0n) is 30.0. The summed E-state index contributed by atoms with van der Waals surface area (Å²) in [6.45, 7) is 3.71. The van der Waals surface area contributed by atoms with Crippen LogP contribution in [-0.2, 0) is 28.9 Å². The normalized spacial score (nSPS) is 17.4. The number of nitrogens with one attached hydrogen (secondary N) is 4. The van der Waals surface area contributed by atoms with Crippen molar-refractivity contribution in [2.24, 2.45) is 23.3 Å². The van der Waals surface area contributed by atoms with Gasteiger partial charge >= 0.3 is 0 Å². The number of H-pyrrole nitrogens is 1. The van der Waals surface area contributed by atoms with Crippen LogP contribution >= 0.6 is 0 Å². The van der Waals surface area contributed by atoms with Crippen LogP contribution in [-0.4, -0.2) is 54.9 Å². The third kappa shape index (κ3) is 9.35. The van der Waals surface area contributed by atoms with Crippen LogP contribution in [0.4, 0.5) is 0 Å². The van der Waals surface area contributed by atoms with Crippen LogP contribution in [0.15, 0.2) is 83.8 Å². The molecule has 0 spiro atoms.